The smallest absolute Gasteiger partial charge is 0.189 e. The standard InChI is InChI=1S/C10H8BrNO.C10H9NO2/c1-13-9-4-2-3-7-8(11)5-6-12-10(7)9;1-13-9-4-2-3-7-8(12)5-6-11-10(7)9/h2-6H,1H3;2-6H,1H3,(H,11,12). The van der Waals surface area contributed by atoms with Gasteiger partial charge in [-0.25, -0.2) is 0 Å². The molecule has 1 N–H and O–H groups in total. The monoisotopic (exact) mass is 412 g/mol. The third kappa shape index (κ3) is 3.55. The molecule has 2 aromatic carbocycles. The van der Waals surface area contributed by atoms with Crippen molar-refractivity contribution >= 4 is 37.7 Å². The Morgan fingerprint density at radius 3 is 2.35 bits per heavy atom. The summed E-state index contributed by atoms with van der Waals surface area (Å²) in [6.45, 7) is 0. The van der Waals surface area contributed by atoms with Crippen molar-refractivity contribution in [3.63, 3.8) is 0 Å². The van der Waals surface area contributed by atoms with E-state index in [-0.39, 0.29) is 5.43 Å². The summed E-state index contributed by atoms with van der Waals surface area (Å²) in [6, 6.07) is 14.7. The molecule has 132 valence electrons. The first-order chi connectivity index (χ1) is 12.7. The van der Waals surface area contributed by atoms with Crippen LogP contribution in [0.5, 0.6) is 11.5 Å². The predicted molar refractivity (Wildman–Crippen MR) is 107 cm³/mol. The first kappa shape index (κ1) is 17.9. The molecule has 4 aromatic rings. The van der Waals surface area contributed by atoms with Gasteiger partial charge in [-0.2, -0.15) is 0 Å². The zero-order chi connectivity index (χ0) is 18.5. The highest BCUT2D eigenvalue weighted by Gasteiger charge is 2.03. The van der Waals surface area contributed by atoms with Crippen molar-refractivity contribution in [2.45, 2.75) is 0 Å². The minimum absolute atomic E-state index is 0.00708. The summed E-state index contributed by atoms with van der Waals surface area (Å²) < 4.78 is 11.3. The third-order valence-corrected chi connectivity index (χ3v) is 4.57. The zero-order valence-electron chi connectivity index (χ0n) is 14.3. The number of hydrogen-bond acceptors (Lipinski definition) is 4. The fourth-order valence-electron chi connectivity index (χ4n) is 2.63. The molecule has 0 aliphatic heterocycles. The second-order valence-electron chi connectivity index (χ2n) is 5.37. The van der Waals surface area contributed by atoms with E-state index in [4.69, 9.17) is 9.47 Å². The van der Waals surface area contributed by atoms with E-state index in [0.29, 0.717) is 11.1 Å². The van der Waals surface area contributed by atoms with E-state index in [0.717, 1.165) is 26.6 Å². The molecule has 0 unspecified atom stereocenters. The minimum Gasteiger partial charge on any atom is -0.495 e. The highest BCUT2D eigenvalue weighted by atomic mass is 79.9. The maximum atomic E-state index is 11.4. The van der Waals surface area contributed by atoms with Crippen LogP contribution in [0.4, 0.5) is 0 Å². The molecule has 0 bridgehead atoms. The summed E-state index contributed by atoms with van der Waals surface area (Å²) in [5, 5.41) is 1.73. The van der Waals surface area contributed by atoms with Gasteiger partial charge >= 0.3 is 0 Å². The first-order valence-electron chi connectivity index (χ1n) is 7.87. The Morgan fingerprint density at radius 1 is 0.923 bits per heavy atom. The second kappa shape index (κ2) is 8.01. The average molecular weight is 413 g/mol. The summed E-state index contributed by atoms with van der Waals surface area (Å²) in [4.78, 5) is 18.6. The van der Waals surface area contributed by atoms with Crippen LogP contribution in [0.1, 0.15) is 0 Å². The number of pyridine rings is 2. The molecule has 0 radical (unpaired) electrons. The van der Waals surface area contributed by atoms with Crippen molar-refractivity contribution in [2.24, 2.45) is 0 Å². The number of hydrogen-bond donors (Lipinski definition) is 1. The SMILES string of the molecule is COc1cccc2c(=O)cc[nH]c12.COc1cccc2c(Br)ccnc12. The topological polar surface area (TPSA) is 64.2 Å². The fourth-order valence-corrected chi connectivity index (χ4v) is 3.06. The number of H-pyrrole nitrogens is 1. The number of rotatable bonds is 2. The van der Waals surface area contributed by atoms with E-state index in [9.17, 15) is 4.79 Å². The molecule has 0 saturated heterocycles. The number of nitrogens with zero attached hydrogens (tertiary/aromatic N) is 1. The lowest BCUT2D eigenvalue weighted by atomic mass is 10.2. The van der Waals surface area contributed by atoms with Gasteiger partial charge in [0.05, 0.1) is 19.7 Å². The van der Waals surface area contributed by atoms with Crippen LogP contribution in [0.2, 0.25) is 0 Å². The van der Waals surface area contributed by atoms with Crippen LogP contribution >= 0.6 is 15.9 Å². The highest BCUT2D eigenvalue weighted by Crippen LogP contribution is 2.28. The van der Waals surface area contributed by atoms with E-state index < -0.39 is 0 Å². The largest absolute Gasteiger partial charge is 0.495 e. The number of ether oxygens (including phenoxy) is 2. The Bertz CT molecular complexity index is 1110. The lowest BCUT2D eigenvalue weighted by Gasteiger charge is -2.04. The fraction of sp³-hybridized carbons (Fsp3) is 0.100. The number of methoxy groups -OCH3 is 2. The van der Waals surface area contributed by atoms with Gasteiger partial charge in [0.1, 0.15) is 17.0 Å². The molecular formula is C20H17BrN2O3. The molecule has 0 saturated carbocycles. The zero-order valence-corrected chi connectivity index (χ0v) is 15.9. The van der Waals surface area contributed by atoms with Gasteiger partial charge in [0.15, 0.2) is 5.43 Å². The first-order valence-corrected chi connectivity index (χ1v) is 8.66. The Labute approximate surface area is 158 Å². The molecule has 6 heteroatoms. The Balaban J connectivity index is 0.000000151. The Kier molecular flexibility index (Phi) is 5.53. The van der Waals surface area contributed by atoms with Crippen molar-refractivity contribution in [2.75, 3.05) is 14.2 Å². The van der Waals surface area contributed by atoms with E-state index in [1.807, 2.05) is 30.3 Å². The molecule has 0 aliphatic rings. The van der Waals surface area contributed by atoms with Gasteiger partial charge in [0.2, 0.25) is 0 Å². The van der Waals surface area contributed by atoms with Gasteiger partial charge in [-0.15, -0.1) is 0 Å². The highest BCUT2D eigenvalue weighted by molar-refractivity contribution is 9.10. The second-order valence-corrected chi connectivity index (χ2v) is 6.23. The van der Waals surface area contributed by atoms with Crippen molar-refractivity contribution in [1.29, 1.82) is 0 Å². The number of benzene rings is 2. The van der Waals surface area contributed by atoms with Crippen LogP contribution in [0, 0.1) is 0 Å². The third-order valence-electron chi connectivity index (χ3n) is 3.87. The number of nitrogens with one attached hydrogen (secondary N) is 1. The van der Waals surface area contributed by atoms with Crippen LogP contribution in [-0.2, 0) is 0 Å². The molecule has 2 heterocycles. The van der Waals surface area contributed by atoms with Gasteiger partial charge in [-0.05, 0) is 24.3 Å². The van der Waals surface area contributed by atoms with Crippen molar-refractivity contribution < 1.29 is 9.47 Å². The lowest BCUT2D eigenvalue weighted by Crippen LogP contribution is -2.00. The van der Waals surface area contributed by atoms with Gasteiger partial charge in [-0.3, -0.25) is 9.78 Å². The molecule has 4 rings (SSSR count). The van der Waals surface area contributed by atoms with Crippen LogP contribution in [0.25, 0.3) is 21.8 Å². The molecule has 26 heavy (non-hydrogen) atoms. The number of fused-ring (bicyclic) bond motifs is 2. The molecule has 0 aliphatic carbocycles. The van der Waals surface area contributed by atoms with E-state index in [2.05, 4.69) is 25.9 Å². The van der Waals surface area contributed by atoms with Crippen molar-refractivity contribution in [3.8, 4) is 11.5 Å². The van der Waals surface area contributed by atoms with Crippen LogP contribution in [-0.4, -0.2) is 24.2 Å². The molecular weight excluding hydrogens is 396 g/mol. The predicted octanol–water partition coefficient (Wildman–Crippen LogP) is 4.54. The van der Waals surface area contributed by atoms with Crippen molar-refractivity contribution in [1.82, 2.24) is 9.97 Å². The van der Waals surface area contributed by atoms with Gasteiger partial charge < -0.3 is 14.5 Å². The number of aromatic amines is 1. The molecule has 0 spiro atoms. The number of aromatic nitrogens is 2. The summed E-state index contributed by atoms with van der Waals surface area (Å²) in [6.07, 6.45) is 3.38. The van der Waals surface area contributed by atoms with Gasteiger partial charge in [-0.1, -0.05) is 34.1 Å². The number of halogens is 1. The Morgan fingerprint density at radius 2 is 1.62 bits per heavy atom. The van der Waals surface area contributed by atoms with E-state index in [1.165, 1.54) is 6.07 Å². The maximum Gasteiger partial charge on any atom is 0.189 e. The summed E-state index contributed by atoms with van der Waals surface area (Å²) in [7, 11) is 3.23. The average Bonchev–Trinajstić information content (AvgIpc) is 2.68. The lowest BCUT2D eigenvalue weighted by molar-refractivity contribution is 0.419. The van der Waals surface area contributed by atoms with Crippen LogP contribution in [0.15, 0.2) is 70.2 Å². The van der Waals surface area contributed by atoms with Crippen LogP contribution < -0.4 is 14.9 Å². The molecule has 0 atom stereocenters. The van der Waals surface area contributed by atoms with E-state index in [1.54, 1.807) is 38.7 Å². The van der Waals surface area contributed by atoms with Gasteiger partial charge in [0.25, 0.3) is 0 Å². The molecule has 2 aromatic heterocycles. The Hall–Kier alpha value is -2.86. The molecule has 0 amide bonds. The summed E-state index contributed by atoms with van der Waals surface area (Å²) in [5.41, 5.74) is 1.64. The van der Waals surface area contributed by atoms with Gasteiger partial charge in [0, 0.05) is 33.7 Å². The molecule has 5 nitrogen and oxygen atoms in total. The summed E-state index contributed by atoms with van der Waals surface area (Å²) in [5.74, 6) is 1.49. The van der Waals surface area contributed by atoms with E-state index >= 15 is 0 Å². The van der Waals surface area contributed by atoms with Crippen molar-refractivity contribution in [3.05, 3.63) is 75.6 Å². The quantitative estimate of drug-likeness (QED) is 0.524. The molecule has 0 fully saturated rings. The summed E-state index contributed by atoms with van der Waals surface area (Å²) >= 11 is 3.46. The van der Waals surface area contributed by atoms with Crippen LogP contribution in [0.3, 0.4) is 0 Å². The minimum atomic E-state index is 0.00708. The maximum absolute atomic E-state index is 11.4. The normalized spacial score (nSPS) is 10.3. The number of para-hydroxylation sites is 2.